The molecule has 0 heterocycles. The van der Waals surface area contributed by atoms with Crippen molar-refractivity contribution in [1.29, 1.82) is 0 Å². The molecule has 0 saturated carbocycles. The smallest absolute Gasteiger partial charge is 0.134 e. The monoisotopic (exact) mass is 178 g/mol. The number of rotatable bonds is 3. The maximum atomic E-state index is 10.9. The molecular formula is C11H14O2. The third-order valence-electron chi connectivity index (χ3n) is 2.04. The molecule has 0 fully saturated rings. The summed E-state index contributed by atoms with van der Waals surface area (Å²) in [6.07, 6.45) is 0.458. The minimum atomic E-state index is 0.0329. The van der Waals surface area contributed by atoms with Gasteiger partial charge in [-0.1, -0.05) is 18.2 Å². The van der Waals surface area contributed by atoms with E-state index < -0.39 is 0 Å². The van der Waals surface area contributed by atoms with Crippen LogP contribution in [0.3, 0.4) is 0 Å². The number of carbonyl (C=O) groups excluding carboxylic acids is 1. The summed E-state index contributed by atoms with van der Waals surface area (Å²) in [5.74, 6) is 0.151. The number of ketones is 1. The van der Waals surface area contributed by atoms with E-state index in [0.29, 0.717) is 6.42 Å². The fourth-order valence-electron chi connectivity index (χ4n) is 1.28. The standard InChI is InChI=1S/C11H14O2/c1-8-3-4-10(7-12)6-11(8)5-9(2)13/h3-4,6,12H,5,7H2,1-2H3. The fraction of sp³-hybridized carbons (Fsp3) is 0.364. The van der Waals surface area contributed by atoms with Gasteiger partial charge in [0.25, 0.3) is 0 Å². The van der Waals surface area contributed by atoms with Gasteiger partial charge in [-0.15, -0.1) is 0 Å². The molecule has 1 N–H and O–H groups in total. The second-order valence-electron chi connectivity index (χ2n) is 3.30. The lowest BCUT2D eigenvalue weighted by molar-refractivity contribution is -0.116. The lowest BCUT2D eigenvalue weighted by Gasteiger charge is -2.05. The van der Waals surface area contributed by atoms with Gasteiger partial charge in [-0.2, -0.15) is 0 Å². The molecule has 0 unspecified atom stereocenters. The lowest BCUT2D eigenvalue weighted by atomic mass is 10.0. The molecule has 1 rings (SSSR count). The topological polar surface area (TPSA) is 37.3 Å². The zero-order chi connectivity index (χ0) is 9.84. The molecule has 0 saturated heterocycles. The first kappa shape index (κ1) is 9.93. The van der Waals surface area contributed by atoms with Crippen LogP contribution in [0.1, 0.15) is 23.6 Å². The lowest BCUT2D eigenvalue weighted by Crippen LogP contribution is -1.99. The van der Waals surface area contributed by atoms with Crippen LogP contribution in [0.2, 0.25) is 0 Å². The molecular weight excluding hydrogens is 164 g/mol. The average Bonchev–Trinajstić information content (AvgIpc) is 2.08. The molecule has 0 bridgehead atoms. The maximum Gasteiger partial charge on any atom is 0.134 e. The SMILES string of the molecule is CC(=O)Cc1cc(CO)ccc1C. The molecule has 0 atom stereocenters. The summed E-state index contributed by atoms with van der Waals surface area (Å²) in [7, 11) is 0. The molecule has 0 aromatic heterocycles. The van der Waals surface area contributed by atoms with Crippen LogP contribution in [-0.4, -0.2) is 10.9 Å². The van der Waals surface area contributed by atoms with E-state index in [2.05, 4.69) is 0 Å². The van der Waals surface area contributed by atoms with Crippen molar-refractivity contribution in [2.75, 3.05) is 0 Å². The molecule has 0 aliphatic rings. The molecule has 0 radical (unpaired) electrons. The normalized spacial score (nSPS) is 10.1. The van der Waals surface area contributed by atoms with Crippen LogP contribution in [0, 0.1) is 6.92 Å². The highest BCUT2D eigenvalue weighted by Crippen LogP contribution is 2.12. The van der Waals surface area contributed by atoms with E-state index in [1.54, 1.807) is 6.92 Å². The highest BCUT2D eigenvalue weighted by atomic mass is 16.3. The summed E-state index contributed by atoms with van der Waals surface area (Å²) < 4.78 is 0. The molecule has 13 heavy (non-hydrogen) atoms. The summed E-state index contributed by atoms with van der Waals surface area (Å²) in [6, 6.07) is 5.69. The maximum absolute atomic E-state index is 10.9. The minimum Gasteiger partial charge on any atom is -0.392 e. The van der Waals surface area contributed by atoms with Gasteiger partial charge in [-0.05, 0) is 30.5 Å². The molecule has 0 aliphatic carbocycles. The van der Waals surface area contributed by atoms with E-state index in [4.69, 9.17) is 5.11 Å². The van der Waals surface area contributed by atoms with Crippen molar-refractivity contribution in [1.82, 2.24) is 0 Å². The number of hydrogen-bond donors (Lipinski definition) is 1. The first-order chi connectivity index (χ1) is 6.13. The van der Waals surface area contributed by atoms with Crippen molar-refractivity contribution in [3.8, 4) is 0 Å². The number of hydrogen-bond acceptors (Lipinski definition) is 2. The Kier molecular flexibility index (Phi) is 3.20. The fourth-order valence-corrected chi connectivity index (χ4v) is 1.28. The van der Waals surface area contributed by atoms with E-state index in [-0.39, 0.29) is 12.4 Å². The van der Waals surface area contributed by atoms with E-state index in [1.165, 1.54) is 0 Å². The Bertz CT molecular complexity index is 316. The third-order valence-corrected chi connectivity index (χ3v) is 2.04. The zero-order valence-electron chi connectivity index (χ0n) is 8.00. The van der Waals surface area contributed by atoms with E-state index in [9.17, 15) is 4.79 Å². The Labute approximate surface area is 78.2 Å². The second kappa shape index (κ2) is 4.19. The highest BCUT2D eigenvalue weighted by Gasteiger charge is 2.02. The molecule has 1 aromatic carbocycles. The predicted octanol–water partition coefficient (Wildman–Crippen LogP) is 1.62. The van der Waals surface area contributed by atoms with Gasteiger partial charge in [0.05, 0.1) is 6.61 Å². The predicted molar refractivity (Wildman–Crippen MR) is 51.5 cm³/mol. The van der Waals surface area contributed by atoms with Gasteiger partial charge in [0.1, 0.15) is 5.78 Å². The van der Waals surface area contributed by atoms with E-state index in [0.717, 1.165) is 16.7 Å². The van der Waals surface area contributed by atoms with Crippen molar-refractivity contribution in [2.24, 2.45) is 0 Å². The van der Waals surface area contributed by atoms with Gasteiger partial charge in [0.2, 0.25) is 0 Å². The van der Waals surface area contributed by atoms with Crippen LogP contribution >= 0.6 is 0 Å². The summed E-state index contributed by atoms with van der Waals surface area (Å²) in [4.78, 5) is 10.9. The van der Waals surface area contributed by atoms with Gasteiger partial charge >= 0.3 is 0 Å². The van der Waals surface area contributed by atoms with Crippen LogP contribution in [0.4, 0.5) is 0 Å². The van der Waals surface area contributed by atoms with Gasteiger partial charge < -0.3 is 5.11 Å². The quantitative estimate of drug-likeness (QED) is 0.763. The second-order valence-corrected chi connectivity index (χ2v) is 3.30. The van der Waals surface area contributed by atoms with Gasteiger partial charge in [-0.3, -0.25) is 4.79 Å². The van der Waals surface area contributed by atoms with E-state index >= 15 is 0 Å². The van der Waals surface area contributed by atoms with Gasteiger partial charge in [0, 0.05) is 6.42 Å². The molecule has 2 heteroatoms. The van der Waals surface area contributed by atoms with Crippen LogP contribution < -0.4 is 0 Å². The summed E-state index contributed by atoms with van der Waals surface area (Å²) in [5.41, 5.74) is 2.98. The highest BCUT2D eigenvalue weighted by molar-refractivity contribution is 5.78. The van der Waals surface area contributed by atoms with Gasteiger partial charge in [0.15, 0.2) is 0 Å². The first-order valence-corrected chi connectivity index (χ1v) is 4.32. The number of aryl methyl sites for hydroxylation is 1. The molecule has 0 amide bonds. The molecule has 70 valence electrons. The van der Waals surface area contributed by atoms with Crippen molar-refractivity contribution in [3.63, 3.8) is 0 Å². The van der Waals surface area contributed by atoms with Gasteiger partial charge in [-0.25, -0.2) is 0 Å². The number of aliphatic hydroxyl groups excluding tert-OH is 1. The Morgan fingerprint density at radius 3 is 2.69 bits per heavy atom. The molecule has 0 spiro atoms. The van der Waals surface area contributed by atoms with Crippen LogP contribution in [0.25, 0.3) is 0 Å². The minimum absolute atomic E-state index is 0.0329. The Morgan fingerprint density at radius 2 is 2.15 bits per heavy atom. The van der Waals surface area contributed by atoms with Crippen LogP contribution in [0.5, 0.6) is 0 Å². The number of benzene rings is 1. The van der Waals surface area contributed by atoms with Crippen LogP contribution in [0.15, 0.2) is 18.2 Å². The third kappa shape index (κ3) is 2.67. The van der Waals surface area contributed by atoms with Crippen molar-refractivity contribution in [2.45, 2.75) is 26.9 Å². The molecule has 1 aromatic rings. The number of Topliss-reactive ketones (excluding diaryl/α,β-unsaturated/α-hetero) is 1. The Hall–Kier alpha value is -1.15. The first-order valence-electron chi connectivity index (χ1n) is 4.32. The van der Waals surface area contributed by atoms with Crippen molar-refractivity contribution < 1.29 is 9.90 Å². The summed E-state index contributed by atoms with van der Waals surface area (Å²) >= 11 is 0. The van der Waals surface area contributed by atoms with Crippen LogP contribution in [-0.2, 0) is 17.8 Å². The summed E-state index contributed by atoms with van der Waals surface area (Å²) in [6.45, 7) is 3.58. The largest absolute Gasteiger partial charge is 0.392 e. The zero-order valence-corrected chi connectivity index (χ0v) is 8.00. The van der Waals surface area contributed by atoms with Crippen molar-refractivity contribution >= 4 is 5.78 Å². The molecule has 2 nitrogen and oxygen atoms in total. The van der Waals surface area contributed by atoms with Crippen molar-refractivity contribution in [3.05, 3.63) is 34.9 Å². The number of carbonyl (C=O) groups is 1. The van der Waals surface area contributed by atoms with E-state index in [1.807, 2.05) is 25.1 Å². The summed E-state index contributed by atoms with van der Waals surface area (Å²) in [5, 5.41) is 8.90. The Morgan fingerprint density at radius 1 is 1.46 bits per heavy atom. The Balaban J connectivity index is 2.96. The average molecular weight is 178 g/mol. The molecule has 0 aliphatic heterocycles. The number of aliphatic hydroxyl groups is 1.